The monoisotopic (exact) mass is 195 g/mol. The predicted molar refractivity (Wildman–Crippen MR) is 52.7 cm³/mol. The molecule has 1 saturated carbocycles. The highest BCUT2D eigenvalue weighted by molar-refractivity contribution is 4.92. The Hall–Kier alpha value is -0.900. The van der Waals surface area contributed by atoms with Crippen LogP contribution < -0.4 is 0 Å². The average Bonchev–Trinajstić information content (AvgIpc) is 2.71. The third-order valence-electron chi connectivity index (χ3n) is 3.33. The quantitative estimate of drug-likeness (QED) is 0.770. The molecule has 0 aliphatic heterocycles. The van der Waals surface area contributed by atoms with E-state index in [1.54, 1.807) is 12.7 Å². The van der Waals surface area contributed by atoms with Crippen LogP contribution in [0.4, 0.5) is 0 Å². The van der Waals surface area contributed by atoms with E-state index in [-0.39, 0.29) is 12.1 Å². The van der Waals surface area contributed by atoms with Crippen molar-refractivity contribution in [3.05, 3.63) is 12.7 Å². The van der Waals surface area contributed by atoms with Gasteiger partial charge in [0.05, 0.1) is 12.1 Å². The highest BCUT2D eigenvalue weighted by Gasteiger charge is 2.35. The summed E-state index contributed by atoms with van der Waals surface area (Å²) >= 11 is 0. The van der Waals surface area contributed by atoms with Gasteiger partial charge in [-0.1, -0.05) is 19.8 Å². The summed E-state index contributed by atoms with van der Waals surface area (Å²) in [5.74, 6) is 0.679. The molecular weight excluding hydrogens is 178 g/mol. The van der Waals surface area contributed by atoms with Gasteiger partial charge in [0.25, 0.3) is 0 Å². The highest BCUT2D eigenvalue weighted by atomic mass is 16.3. The molecule has 0 radical (unpaired) electrons. The standard InChI is InChI=1S/C10H17N3O/c1-9-3-2-4-10(5-9,6-14)13-7-11-12-8-13/h7-9,14H,2-6H2,1H3. The van der Waals surface area contributed by atoms with E-state index in [0.717, 1.165) is 12.8 Å². The summed E-state index contributed by atoms with van der Waals surface area (Å²) in [5, 5.41) is 17.2. The van der Waals surface area contributed by atoms with Gasteiger partial charge in [0.15, 0.2) is 0 Å². The van der Waals surface area contributed by atoms with E-state index in [0.29, 0.717) is 5.92 Å². The van der Waals surface area contributed by atoms with Gasteiger partial charge in [-0.15, -0.1) is 10.2 Å². The van der Waals surface area contributed by atoms with E-state index < -0.39 is 0 Å². The van der Waals surface area contributed by atoms with Crippen LogP contribution in [0.25, 0.3) is 0 Å². The molecule has 1 aromatic rings. The Balaban J connectivity index is 2.25. The second kappa shape index (κ2) is 3.69. The van der Waals surface area contributed by atoms with Crippen LogP contribution in [0.5, 0.6) is 0 Å². The molecule has 4 heteroatoms. The van der Waals surface area contributed by atoms with E-state index >= 15 is 0 Å². The summed E-state index contributed by atoms with van der Waals surface area (Å²) < 4.78 is 1.97. The third kappa shape index (κ3) is 1.54. The largest absolute Gasteiger partial charge is 0.394 e. The maximum atomic E-state index is 9.55. The molecule has 0 amide bonds. The molecule has 1 aromatic heterocycles. The van der Waals surface area contributed by atoms with Gasteiger partial charge in [-0.05, 0) is 18.8 Å². The summed E-state index contributed by atoms with van der Waals surface area (Å²) in [6.45, 7) is 2.43. The minimum absolute atomic E-state index is 0.138. The zero-order chi connectivity index (χ0) is 10.0. The number of aliphatic hydroxyl groups is 1. The summed E-state index contributed by atoms with van der Waals surface area (Å²) in [7, 11) is 0. The van der Waals surface area contributed by atoms with Gasteiger partial charge in [-0.25, -0.2) is 0 Å². The first kappa shape index (κ1) is 9.65. The molecule has 1 aliphatic rings. The third-order valence-corrected chi connectivity index (χ3v) is 3.33. The van der Waals surface area contributed by atoms with Crippen molar-refractivity contribution >= 4 is 0 Å². The molecule has 78 valence electrons. The van der Waals surface area contributed by atoms with Crippen molar-refractivity contribution in [2.45, 2.75) is 38.1 Å². The van der Waals surface area contributed by atoms with Gasteiger partial charge in [0.1, 0.15) is 12.7 Å². The van der Waals surface area contributed by atoms with Crippen LogP contribution in [0, 0.1) is 5.92 Å². The molecule has 4 nitrogen and oxygen atoms in total. The number of nitrogens with zero attached hydrogens (tertiary/aromatic N) is 3. The van der Waals surface area contributed by atoms with Crippen LogP contribution in [-0.2, 0) is 5.54 Å². The first-order chi connectivity index (χ1) is 6.77. The van der Waals surface area contributed by atoms with E-state index in [1.807, 2.05) is 4.57 Å². The molecule has 1 N–H and O–H groups in total. The first-order valence-electron chi connectivity index (χ1n) is 5.23. The highest BCUT2D eigenvalue weighted by Crippen LogP contribution is 2.37. The molecule has 14 heavy (non-hydrogen) atoms. The Morgan fingerprint density at radius 3 is 2.79 bits per heavy atom. The predicted octanol–water partition coefficient (Wildman–Crippen LogP) is 1.18. The first-order valence-corrected chi connectivity index (χ1v) is 5.23. The van der Waals surface area contributed by atoms with Crippen molar-refractivity contribution in [1.82, 2.24) is 14.8 Å². The number of hydrogen-bond donors (Lipinski definition) is 1. The Morgan fingerprint density at radius 1 is 1.50 bits per heavy atom. The Kier molecular flexibility index (Phi) is 2.54. The lowest BCUT2D eigenvalue weighted by Crippen LogP contribution is -2.41. The molecule has 1 heterocycles. The Bertz CT molecular complexity index is 286. The molecular formula is C10H17N3O. The lowest BCUT2D eigenvalue weighted by atomic mass is 9.77. The molecule has 0 saturated heterocycles. The minimum atomic E-state index is -0.138. The average molecular weight is 195 g/mol. The summed E-state index contributed by atoms with van der Waals surface area (Å²) in [6.07, 6.45) is 7.94. The van der Waals surface area contributed by atoms with E-state index in [9.17, 15) is 5.11 Å². The number of hydrogen-bond acceptors (Lipinski definition) is 3. The number of aliphatic hydroxyl groups excluding tert-OH is 1. The maximum absolute atomic E-state index is 9.55. The second-order valence-corrected chi connectivity index (χ2v) is 4.45. The smallest absolute Gasteiger partial charge is 0.119 e. The van der Waals surface area contributed by atoms with Crippen LogP contribution >= 0.6 is 0 Å². The minimum Gasteiger partial charge on any atom is -0.394 e. The van der Waals surface area contributed by atoms with Gasteiger partial charge >= 0.3 is 0 Å². The zero-order valence-corrected chi connectivity index (χ0v) is 8.56. The van der Waals surface area contributed by atoms with Crippen LogP contribution in [0.1, 0.15) is 32.6 Å². The summed E-state index contributed by atoms with van der Waals surface area (Å²) in [6, 6.07) is 0. The van der Waals surface area contributed by atoms with E-state index in [2.05, 4.69) is 17.1 Å². The summed E-state index contributed by atoms with van der Waals surface area (Å²) in [4.78, 5) is 0. The number of rotatable bonds is 2. The second-order valence-electron chi connectivity index (χ2n) is 4.45. The van der Waals surface area contributed by atoms with Crippen LogP contribution in [0.2, 0.25) is 0 Å². The Morgan fingerprint density at radius 2 is 2.21 bits per heavy atom. The van der Waals surface area contributed by atoms with E-state index in [1.165, 1.54) is 12.8 Å². The molecule has 1 fully saturated rings. The van der Waals surface area contributed by atoms with Crippen molar-refractivity contribution in [1.29, 1.82) is 0 Å². The summed E-state index contributed by atoms with van der Waals surface area (Å²) in [5.41, 5.74) is -0.138. The molecule has 0 spiro atoms. The number of aromatic nitrogens is 3. The molecule has 2 atom stereocenters. The lowest BCUT2D eigenvalue weighted by molar-refractivity contribution is 0.0693. The van der Waals surface area contributed by atoms with Gasteiger partial charge in [-0.3, -0.25) is 0 Å². The lowest BCUT2D eigenvalue weighted by Gasteiger charge is -2.39. The van der Waals surface area contributed by atoms with Crippen molar-refractivity contribution in [3.8, 4) is 0 Å². The van der Waals surface area contributed by atoms with Crippen molar-refractivity contribution in [2.75, 3.05) is 6.61 Å². The van der Waals surface area contributed by atoms with Crippen LogP contribution in [0.15, 0.2) is 12.7 Å². The normalized spacial score (nSPS) is 33.1. The molecule has 2 unspecified atom stereocenters. The van der Waals surface area contributed by atoms with Crippen molar-refractivity contribution in [2.24, 2.45) is 5.92 Å². The topological polar surface area (TPSA) is 50.9 Å². The zero-order valence-electron chi connectivity index (χ0n) is 8.56. The van der Waals surface area contributed by atoms with Gasteiger partial charge in [-0.2, -0.15) is 0 Å². The fraction of sp³-hybridized carbons (Fsp3) is 0.800. The van der Waals surface area contributed by atoms with Gasteiger partial charge < -0.3 is 9.67 Å². The van der Waals surface area contributed by atoms with Crippen LogP contribution in [-0.4, -0.2) is 26.5 Å². The van der Waals surface area contributed by atoms with E-state index in [4.69, 9.17) is 0 Å². The van der Waals surface area contributed by atoms with Gasteiger partial charge in [0.2, 0.25) is 0 Å². The Labute approximate surface area is 84.0 Å². The SMILES string of the molecule is CC1CCCC(CO)(n2cnnc2)C1. The molecule has 1 aliphatic carbocycles. The van der Waals surface area contributed by atoms with Gasteiger partial charge in [0, 0.05) is 0 Å². The molecule has 0 bridgehead atoms. The van der Waals surface area contributed by atoms with Crippen molar-refractivity contribution < 1.29 is 5.11 Å². The van der Waals surface area contributed by atoms with Crippen LogP contribution in [0.3, 0.4) is 0 Å². The maximum Gasteiger partial charge on any atom is 0.119 e. The fourth-order valence-corrected chi connectivity index (χ4v) is 2.54. The fourth-order valence-electron chi connectivity index (χ4n) is 2.54. The molecule has 0 aromatic carbocycles. The van der Waals surface area contributed by atoms with Crippen molar-refractivity contribution in [3.63, 3.8) is 0 Å². The molecule has 2 rings (SSSR count).